The van der Waals surface area contributed by atoms with Crippen LogP contribution in [0.3, 0.4) is 0 Å². The predicted molar refractivity (Wildman–Crippen MR) is 476 cm³/mol. The average Bonchev–Trinajstić information content (AvgIpc) is 1.63. The number of nitrogens with zero attached hydrogens (tertiary/aromatic N) is 12. The van der Waals surface area contributed by atoms with Crippen LogP contribution in [0.25, 0.3) is 22.7 Å². The zero-order chi connectivity index (χ0) is 87.7. The number of terminal acetylenes is 2. The number of aromatic nitrogens is 8. The molecule has 0 fully saturated rings. The third kappa shape index (κ3) is 18.5. The molecule has 8 aromatic carbocycles. The van der Waals surface area contributed by atoms with Gasteiger partial charge in [-0.15, -0.1) is 23.9 Å². The standard InChI is InChI=1S/2C26H26FN3O2Si.C23H18FN3O2.C23H19N3O2/c2*1-6-32-26(31)24-25-17(2)29-23(19-9-7-8-10-21(19)27)20-15-18(13-14-33(3,4)5)11-12-22(20)30(25)16-28-24;1-4-15-10-11-19-17(12-15)20(16-8-6-7-9-18(16)24)26-14(3)22-21(23(28)29-5-2)25-13-27(19)22;1-4-16-11-12-19-18(13-16)20(17-9-7-6-8-10-17)25-15(3)22-21(23(27)28-5-2)24-14-26(19)22/h2*7-12,15-17H,6H2,1-5H3;1,6-14H,5H2,2-3H3;1,6-15H,5H2,2-3H3/t2*17-;14-;15-/m1001/s1. The minimum Gasteiger partial charge on any atom is -0.461 e. The van der Waals surface area contributed by atoms with E-state index in [1.54, 1.807) is 124 Å². The zero-order valence-corrected chi connectivity index (χ0v) is 72.6. The minimum atomic E-state index is -1.58. The quantitative estimate of drug-likeness (QED) is 0.0482. The van der Waals surface area contributed by atoms with E-state index in [2.05, 4.69) is 94.0 Å². The molecule has 618 valence electrons. The molecule has 25 heteroatoms. The van der Waals surface area contributed by atoms with Crippen LogP contribution >= 0.6 is 0 Å². The number of esters is 4. The number of imidazole rings is 4. The first-order valence-electron chi connectivity index (χ1n) is 40.2. The Morgan fingerprint density at radius 3 is 0.870 bits per heavy atom. The van der Waals surface area contributed by atoms with Crippen LogP contribution < -0.4 is 0 Å². The van der Waals surface area contributed by atoms with Crippen molar-refractivity contribution in [1.29, 1.82) is 0 Å². The van der Waals surface area contributed by atoms with E-state index in [4.69, 9.17) is 51.8 Å². The molecule has 20 nitrogen and oxygen atoms in total. The van der Waals surface area contributed by atoms with Gasteiger partial charge in [-0.3, -0.25) is 38.2 Å². The molecule has 0 amide bonds. The number of carbonyl (C=O) groups is 4. The lowest BCUT2D eigenvalue weighted by atomic mass is 9.98. The second kappa shape index (κ2) is 37.1. The van der Waals surface area contributed by atoms with Gasteiger partial charge < -0.3 is 18.9 Å². The maximum absolute atomic E-state index is 14.9. The average molecular weight is 1680 g/mol. The summed E-state index contributed by atoms with van der Waals surface area (Å²) in [5.41, 5.74) is 24.0. The van der Waals surface area contributed by atoms with Gasteiger partial charge in [-0.2, -0.15) is 0 Å². The Bertz CT molecular complexity index is 6310. The molecule has 123 heavy (non-hydrogen) atoms. The number of carbonyl (C=O) groups excluding carboxylic acids is 4. The summed E-state index contributed by atoms with van der Waals surface area (Å²) in [7, 11) is -3.16. The highest BCUT2D eigenvalue weighted by atomic mass is 28.3. The number of aliphatic imine (C=N–C) groups is 4. The smallest absolute Gasteiger partial charge is 0.358 e. The lowest BCUT2D eigenvalue weighted by Gasteiger charge is -2.13. The highest BCUT2D eigenvalue weighted by Gasteiger charge is 2.36. The SMILES string of the molecule is C#Cc1ccc2c(c1)C(c1ccccc1)=N[C@H](C)c1c(C(=O)OCC)ncn1-2.C#Cc1ccc2c(c1)C(c1ccccc1F)=N[C@@H](C)c1c(C(=O)OCC)ncn1-2.CCOC(=O)c1ncn2c1[C@@H](C)N=C(c1ccccc1F)c1cc(C#C[Si](C)(C)C)ccc1-2.CCOC(=O)c1ncn2c1[C@H](C)N=C(c1ccccc1F)c1cc(C#C[Si](C)(C)C)ccc1-2. The van der Waals surface area contributed by atoms with Gasteiger partial charge in [0.25, 0.3) is 0 Å². The number of ether oxygens (including phenoxy) is 4. The molecule has 8 heterocycles. The van der Waals surface area contributed by atoms with Crippen LogP contribution in [0.4, 0.5) is 13.2 Å². The molecule has 0 aliphatic carbocycles. The Labute approximate surface area is 714 Å². The van der Waals surface area contributed by atoms with Crippen LogP contribution in [-0.4, -0.2) is 128 Å². The number of benzene rings is 8. The monoisotopic (exact) mass is 1670 g/mol. The van der Waals surface area contributed by atoms with Gasteiger partial charge in [-0.1, -0.05) is 130 Å². The Hall–Kier alpha value is -14.4. The van der Waals surface area contributed by atoms with Crippen molar-refractivity contribution >= 4 is 62.9 Å². The molecule has 0 radical (unpaired) electrons. The number of fused-ring (bicyclic) bond motifs is 12. The number of rotatable bonds is 12. The predicted octanol–water partition coefficient (Wildman–Crippen LogP) is 18.7. The van der Waals surface area contributed by atoms with Crippen LogP contribution in [0.15, 0.2) is 221 Å². The molecular formula is C98H89F3N12O8Si2. The van der Waals surface area contributed by atoms with Gasteiger partial charge in [0, 0.05) is 66.8 Å². The van der Waals surface area contributed by atoms with Crippen LogP contribution in [-0.2, 0) is 18.9 Å². The third-order valence-electron chi connectivity index (χ3n) is 19.9. The Morgan fingerprint density at radius 1 is 0.350 bits per heavy atom. The van der Waals surface area contributed by atoms with Gasteiger partial charge in [-0.25, -0.2) is 52.3 Å². The van der Waals surface area contributed by atoms with Crippen molar-refractivity contribution < 1.29 is 51.3 Å². The maximum Gasteiger partial charge on any atom is 0.358 e. The fraction of sp³-hybridized carbons (Fsp3) is 0.224. The molecule has 0 spiro atoms. The molecule has 0 saturated heterocycles. The van der Waals surface area contributed by atoms with Crippen molar-refractivity contribution in [2.45, 2.75) is 119 Å². The van der Waals surface area contributed by atoms with E-state index in [1.807, 2.05) is 132 Å². The summed E-state index contributed by atoms with van der Waals surface area (Å²) in [5.74, 6) is 8.81. The summed E-state index contributed by atoms with van der Waals surface area (Å²) in [6.07, 6.45) is 17.6. The normalized spacial score (nSPS) is 14.9. The molecule has 0 saturated carbocycles. The van der Waals surface area contributed by atoms with E-state index >= 15 is 0 Å². The number of hydrogen-bond donors (Lipinski definition) is 0. The third-order valence-corrected chi connectivity index (χ3v) is 21.7. The van der Waals surface area contributed by atoms with Gasteiger partial charge >= 0.3 is 23.9 Å². The fourth-order valence-corrected chi connectivity index (χ4v) is 15.6. The molecule has 4 atom stereocenters. The number of halogens is 3. The molecule has 12 aromatic rings. The van der Waals surface area contributed by atoms with Gasteiger partial charge in [-0.05, 0) is 165 Å². The fourth-order valence-electron chi connectivity index (χ4n) is 14.5. The maximum atomic E-state index is 14.9. The summed E-state index contributed by atoms with van der Waals surface area (Å²) >= 11 is 0. The Kier molecular flexibility index (Phi) is 26.1. The molecule has 0 N–H and O–H groups in total. The summed E-state index contributed by atoms with van der Waals surface area (Å²) in [5, 5.41) is 0. The first kappa shape index (κ1) is 86.5. The van der Waals surface area contributed by atoms with Gasteiger partial charge in [0.05, 0.1) is 119 Å². The van der Waals surface area contributed by atoms with Gasteiger partial charge in [0.15, 0.2) is 22.8 Å². The lowest BCUT2D eigenvalue weighted by molar-refractivity contribution is 0.0508. The Balaban J connectivity index is 0.000000141. The minimum absolute atomic E-state index is 0.199. The molecule has 16 rings (SSSR count). The summed E-state index contributed by atoms with van der Waals surface area (Å²) in [6, 6.07) is 50.7. The molecule has 4 aromatic heterocycles. The molecule has 0 bridgehead atoms. The summed E-state index contributed by atoms with van der Waals surface area (Å²) in [4.78, 5) is 86.8. The van der Waals surface area contributed by atoms with E-state index in [-0.39, 0.29) is 60.4 Å². The first-order valence-corrected chi connectivity index (χ1v) is 47.2. The van der Waals surface area contributed by atoms with E-state index in [0.29, 0.717) is 85.7 Å². The van der Waals surface area contributed by atoms with E-state index in [1.165, 1.54) is 18.2 Å². The highest BCUT2D eigenvalue weighted by Crippen LogP contribution is 2.40. The first-order chi connectivity index (χ1) is 59.1. The van der Waals surface area contributed by atoms with Crippen LogP contribution in [0.1, 0.15) is 211 Å². The molecule has 0 unspecified atom stereocenters. The summed E-state index contributed by atoms with van der Waals surface area (Å²) < 4.78 is 72.6. The van der Waals surface area contributed by atoms with Crippen molar-refractivity contribution in [3.8, 4) is 70.4 Å². The van der Waals surface area contributed by atoms with Crippen LogP contribution in [0.2, 0.25) is 39.3 Å². The zero-order valence-electron chi connectivity index (χ0n) is 70.6. The van der Waals surface area contributed by atoms with Gasteiger partial charge in [0.1, 0.15) is 58.9 Å². The van der Waals surface area contributed by atoms with E-state index < -0.39 is 58.2 Å². The van der Waals surface area contributed by atoms with Crippen molar-refractivity contribution in [3.05, 3.63) is 331 Å². The van der Waals surface area contributed by atoms with Crippen molar-refractivity contribution in [1.82, 2.24) is 38.2 Å². The second-order valence-electron chi connectivity index (χ2n) is 30.9. The van der Waals surface area contributed by atoms with Crippen molar-refractivity contribution in [2.24, 2.45) is 20.0 Å². The van der Waals surface area contributed by atoms with E-state index in [9.17, 15) is 32.3 Å². The summed E-state index contributed by atoms with van der Waals surface area (Å²) in [6.45, 7) is 28.7. The topological polar surface area (TPSA) is 226 Å². The van der Waals surface area contributed by atoms with Crippen molar-refractivity contribution in [3.63, 3.8) is 0 Å². The lowest BCUT2D eigenvalue weighted by Crippen LogP contribution is -2.16. The van der Waals surface area contributed by atoms with Crippen LogP contribution in [0.5, 0.6) is 0 Å². The van der Waals surface area contributed by atoms with Crippen molar-refractivity contribution in [2.75, 3.05) is 26.4 Å². The van der Waals surface area contributed by atoms with Crippen LogP contribution in [0, 0.1) is 65.1 Å². The second-order valence-corrected chi connectivity index (χ2v) is 40.4. The highest BCUT2D eigenvalue weighted by molar-refractivity contribution is 6.84. The molecular weight excluding hydrogens is 1590 g/mol. The Morgan fingerprint density at radius 2 is 0.602 bits per heavy atom. The largest absolute Gasteiger partial charge is 0.461 e. The molecule has 4 aliphatic heterocycles. The van der Waals surface area contributed by atoms with E-state index in [0.717, 1.165) is 61.7 Å². The molecule has 4 aliphatic rings. The van der Waals surface area contributed by atoms with Gasteiger partial charge in [0.2, 0.25) is 0 Å². The number of hydrogen-bond acceptors (Lipinski definition) is 16.